The highest BCUT2D eigenvalue weighted by atomic mass is 32.2. The molecule has 36 heavy (non-hydrogen) atoms. The molecule has 194 valence electrons. The van der Waals surface area contributed by atoms with Crippen molar-refractivity contribution >= 4 is 29.6 Å². The van der Waals surface area contributed by atoms with E-state index in [1.54, 1.807) is 11.8 Å². The molecule has 2 N–H and O–H groups in total. The van der Waals surface area contributed by atoms with Crippen LogP contribution in [0.3, 0.4) is 0 Å². The number of nitrogens with zero attached hydrogens (tertiary/aromatic N) is 3. The van der Waals surface area contributed by atoms with E-state index in [2.05, 4.69) is 75.6 Å². The van der Waals surface area contributed by atoms with Crippen molar-refractivity contribution in [1.82, 2.24) is 14.7 Å². The maximum Gasteiger partial charge on any atom is 0.414 e. The molecule has 0 saturated carbocycles. The van der Waals surface area contributed by atoms with Gasteiger partial charge >= 0.3 is 11.9 Å². The molecule has 0 aromatic heterocycles. The Balaban J connectivity index is 0.000000538. The van der Waals surface area contributed by atoms with E-state index in [0.717, 1.165) is 65.2 Å². The number of carbonyl (C=O) groups excluding carboxylic acids is 1. The molecule has 0 unspecified atom stereocenters. The number of carbonyl (C=O) groups is 3. The number of piperidine rings is 1. The van der Waals surface area contributed by atoms with Crippen molar-refractivity contribution in [3.8, 4) is 0 Å². The molecule has 2 aliphatic rings. The first kappa shape index (κ1) is 27.7. The minimum atomic E-state index is -1.82. The van der Waals surface area contributed by atoms with Crippen LogP contribution in [0.25, 0.3) is 0 Å². The Hall–Kier alpha value is -2.88. The third-order valence-electron chi connectivity index (χ3n) is 6.62. The fourth-order valence-corrected chi connectivity index (χ4v) is 4.96. The summed E-state index contributed by atoms with van der Waals surface area (Å²) in [5, 5.41) is 14.8. The smallest absolute Gasteiger partial charge is 0.414 e. The van der Waals surface area contributed by atoms with E-state index in [1.807, 2.05) is 0 Å². The number of likely N-dealkylation sites (tertiary alicyclic amines) is 1. The second kappa shape index (κ2) is 14.0. The number of aliphatic carboxylic acids is 2. The monoisotopic (exact) mass is 513 g/mol. The minimum Gasteiger partial charge on any atom is -0.473 e. The van der Waals surface area contributed by atoms with Crippen molar-refractivity contribution in [2.75, 3.05) is 45.5 Å². The largest absolute Gasteiger partial charge is 0.473 e. The van der Waals surface area contributed by atoms with Crippen molar-refractivity contribution in [1.29, 1.82) is 0 Å². The number of benzene rings is 2. The Morgan fingerprint density at radius 1 is 0.750 bits per heavy atom. The number of thioether (sulfide) groups is 1. The van der Waals surface area contributed by atoms with Crippen molar-refractivity contribution in [2.24, 2.45) is 5.92 Å². The first-order chi connectivity index (χ1) is 17.4. The molecule has 2 aliphatic heterocycles. The van der Waals surface area contributed by atoms with Gasteiger partial charge in [-0.1, -0.05) is 42.5 Å². The van der Waals surface area contributed by atoms with Crippen LogP contribution in [0, 0.1) is 5.92 Å². The van der Waals surface area contributed by atoms with E-state index >= 15 is 0 Å². The summed E-state index contributed by atoms with van der Waals surface area (Å²) in [7, 11) is 0. The zero-order chi connectivity index (χ0) is 25.9. The first-order valence-corrected chi connectivity index (χ1v) is 13.4. The number of piperazine rings is 1. The maximum atomic E-state index is 13.0. The van der Waals surface area contributed by atoms with Gasteiger partial charge in [0, 0.05) is 50.1 Å². The van der Waals surface area contributed by atoms with Gasteiger partial charge < -0.3 is 15.1 Å². The quantitative estimate of drug-likeness (QED) is 0.449. The van der Waals surface area contributed by atoms with Crippen LogP contribution in [0.15, 0.2) is 59.5 Å². The van der Waals surface area contributed by atoms with Gasteiger partial charge in [-0.05, 0) is 55.4 Å². The highest BCUT2D eigenvalue weighted by Crippen LogP contribution is 2.23. The summed E-state index contributed by atoms with van der Waals surface area (Å²) in [4.78, 5) is 39.6. The number of hydrogen-bond acceptors (Lipinski definition) is 6. The molecule has 4 rings (SSSR count). The second-order valence-corrected chi connectivity index (χ2v) is 9.98. The lowest BCUT2D eigenvalue weighted by Crippen LogP contribution is -2.51. The molecule has 0 bridgehead atoms. The molecule has 2 fully saturated rings. The summed E-state index contributed by atoms with van der Waals surface area (Å²) >= 11 is 1.78. The van der Waals surface area contributed by atoms with Crippen molar-refractivity contribution in [3.63, 3.8) is 0 Å². The maximum absolute atomic E-state index is 13.0. The van der Waals surface area contributed by atoms with Gasteiger partial charge in [0.25, 0.3) is 0 Å². The van der Waals surface area contributed by atoms with Gasteiger partial charge in [-0.3, -0.25) is 14.6 Å². The van der Waals surface area contributed by atoms with Gasteiger partial charge in [0.05, 0.1) is 0 Å². The number of amides is 1. The topological polar surface area (TPSA) is 101 Å². The molecular weight excluding hydrogens is 478 g/mol. The molecule has 2 aromatic carbocycles. The summed E-state index contributed by atoms with van der Waals surface area (Å²) in [6.07, 6.45) is 4.10. The second-order valence-electron chi connectivity index (χ2n) is 9.10. The molecule has 2 heterocycles. The predicted molar refractivity (Wildman–Crippen MR) is 140 cm³/mol. The van der Waals surface area contributed by atoms with Gasteiger partial charge in [0.15, 0.2) is 0 Å². The normalized spacial score (nSPS) is 17.2. The van der Waals surface area contributed by atoms with E-state index in [9.17, 15) is 4.79 Å². The fourth-order valence-electron chi connectivity index (χ4n) is 4.55. The SMILES string of the molecule is CSc1ccc(CN2CCC(C(=O)N3CCN(Cc4ccccc4)CC3)CC2)cc1.O=C(O)C(=O)O. The number of rotatable bonds is 6. The highest BCUT2D eigenvalue weighted by molar-refractivity contribution is 7.98. The molecule has 1 amide bonds. The Kier molecular flexibility index (Phi) is 10.8. The molecule has 9 heteroatoms. The van der Waals surface area contributed by atoms with Crippen molar-refractivity contribution in [3.05, 3.63) is 65.7 Å². The van der Waals surface area contributed by atoms with Gasteiger partial charge in [-0.15, -0.1) is 11.8 Å². The molecule has 8 nitrogen and oxygen atoms in total. The Morgan fingerprint density at radius 3 is 1.75 bits per heavy atom. The van der Waals surface area contributed by atoms with Gasteiger partial charge in [0.1, 0.15) is 0 Å². The standard InChI is InChI=1S/C25H33N3OS.C2H2O4/c1-30-24-9-7-22(8-10-24)20-26-13-11-23(12-14-26)25(29)28-17-15-27(16-18-28)19-21-5-3-2-4-6-21;3-1(4)2(5)6/h2-10,23H,11-20H2,1H3;(H,3,4)(H,5,6). The Bertz CT molecular complexity index is 974. The summed E-state index contributed by atoms with van der Waals surface area (Å²) in [5.41, 5.74) is 2.72. The molecule has 2 saturated heterocycles. The molecule has 0 spiro atoms. The zero-order valence-corrected chi connectivity index (χ0v) is 21.5. The van der Waals surface area contributed by atoms with Crippen LogP contribution in [0.2, 0.25) is 0 Å². The van der Waals surface area contributed by atoms with Crippen LogP contribution in [-0.2, 0) is 27.5 Å². The summed E-state index contributed by atoms with van der Waals surface area (Å²) in [5.74, 6) is -3.05. The minimum absolute atomic E-state index is 0.209. The lowest BCUT2D eigenvalue weighted by Gasteiger charge is -2.38. The van der Waals surface area contributed by atoms with Crippen LogP contribution in [0.4, 0.5) is 0 Å². The Labute approximate surface area is 216 Å². The number of carboxylic acid groups (broad SMARTS) is 2. The Morgan fingerprint density at radius 2 is 1.25 bits per heavy atom. The summed E-state index contributed by atoms with van der Waals surface area (Å²) in [6, 6.07) is 19.5. The first-order valence-electron chi connectivity index (χ1n) is 12.2. The van der Waals surface area contributed by atoms with Crippen LogP contribution in [0.1, 0.15) is 24.0 Å². The van der Waals surface area contributed by atoms with Crippen LogP contribution >= 0.6 is 11.8 Å². The van der Waals surface area contributed by atoms with Crippen molar-refractivity contribution < 1.29 is 24.6 Å². The lowest BCUT2D eigenvalue weighted by molar-refractivity contribution is -0.159. The third-order valence-corrected chi connectivity index (χ3v) is 7.36. The lowest BCUT2D eigenvalue weighted by atomic mass is 9.94. The van der Waals surface area contributed by atoms with Gasteiger partial charge in [-0.2, -0.15) is 0 Å². The zero-order valence-electron chi connectivity index (χ0n) is 20.7. The molecular formula is C27H35N3O5S. The van der Waals surface area contributed by atoms with E-state index in [1.165, 1.54) is 16.0 Å². The molecule has 2 aromatic rings. The molecule has 0 atom stereocenters. The van der Waals surface area contributed by atoms with Crippen molar-refractivity contribution in [2.45, 2.75) is 30.8 Å². The molecule has 0 aliphatic carbocycles. The van der Waals surface area contributed by atoms with Crippen LogP contribution in [-0.4, -0.2) is 88.3 Å². The summed E-state index contributed by atoms with van der Waals surface area (Å²) < 4.78 is 0. The van der Waals surface area contributed by atoms with E-state index in [4.69, 9.17) is 19.8 Å². The summed E-state index contributed by atoms with van der Waals surface area (Å²) in [6.45, 7) is 7.72. The number of hydrogen-bond donors (Lipinski definition) is 2. The number of carboxylic acids is 2. The van der Waals surface area contributed by atoms with E-state index < -0.39 is 11.9 Å². The highest BCUT2D eigenvalue weighted by Gasteiger charge is 2.30. The van der Waals surface area contributed by atoms with E-state index in [0.29, 0.717) is 5.91 Å². The fraction of sp³-hybridized carbons (Fsp3) is 0.444. The molecule has 0 radical (unpaired) electrons. The van der Waals surface area contributed by atoms with Gasteiger partial charge in [0.2, 0.25) is 5.91 Å². The van der Waals surface area contributed by atoms with Gasteiger partial charge in [-0.25, -0.2) is 9.59 Å². The van der Waals surface area contributed by atoms with Crippen LogP contribution in [0.5, 0.6) is 0 Å². The van der Waals surface area contributed by atoms with Crippen LogP contribution < -0.4 is 0 Å². The van der Waals surface area contributed by atoms with E-state index in [-0.39, 0.29) is 5.92 Å². The average Bonchev–Trinajstić information content (AvgIpc) is 2.90. The predicted octanol–water partition coefficient (Wildman–Crippen LogP) is 3.12. The third kappa shape index (κ3) is 8.65. The average molecular weight is 514 g/mol.